The molecule has 35 heavy (non-hydrogen) atoms. The molecule has 2 aromatic carbocycles. The van der Waals surface area contributed by atoms with E-state index in [0.717, 1.165) is 41.0 Å². The van der Waals surface area contributed by atoms with Crippen molar-refractivity contribution >= 4 is 35.1 Å². The highest BCUT2D eigenvalue weighted by molar-refractivity contribution is 7.99. The number of halogens is 1. The molecule has 0 amide bonds. The van der Waals surface area contributed by atoms with Gasteiger partial charge in [-0.1, -0.05) is 48.5 Å². The Labute approximate surface area is 213 Å². The monoisotopic (exact) mass is 510 g/mol. The number of thioether (sulfide) groups is 1. The van der Waals surface area contributed by atoms with Gasteiger partial charge in [-0.3, -0.25) is 4.79 Å². The Hall–Kier alpha value is -2.97. The minimum absolute atomic E-state index is 0.149. The molecular weight excluding hydrogens is 484 g/mol. The second-order valence-corrected chi connectivity index (χ2v) is 10.0. The first-order valence-electron chi connectivity index (χ1n) is 11.8. The molecular formula is C26H27ClN4O3S. The van der Waals surface area contributed by atoms with Gasteiger partial charge in [-0.15, -0.1) is 5.10 Å². The third-order valence-electron chi connectivity index (χ3n) is 6.01. The molecule has 0 bridgehead atoms. The maximum Gasteiger partial charge on any atom is 0.227 e. The molecule has 1 atom stereocenters. The zero-order valence-electron chi connectivity index (χ0n) is 19.7. The van der Waals surface area contributed by atoms with Crippen LogP contribution in [0.2, 0.25) is 5.02 Å². The van der Waals surface area contributed by atoms with Crippen LogP contribution >= 0.6 is 23.4 Å². The quantitative estimate of drug-likeness (QED) is 0.370. The van der Waals surface area contributed by atoms with Crippen molar-refractivity contribution in [3.8, 4) is 11.5 Å². The van der Waals surface area contributed by atoms with Crippen LogP contribution in [0.15, 0.2) is 58.9 Å². The number of hydrogen-bond donors (Lipinski definition) is 1. The number of anilines is 1. The minimum Gasteiger partial charge on any atom is -0.490 e. The molecule has 0 saturated carbocycles. The minimum atomic E-state index is -0.364. The summed E-state index contributed by atoms with van der Waals surface area (Å²) in [6.07, 6.45) is 2.20. The number of nitrogens with zero attached hydrogens (tertiary/aromatic N) is 3. The fourth-order valence-corrected chi connectivity index (χ4v) is 5.14. The molecule has 0 saturated heterocycles. The predicted octanol–water partition coefficient (Wildman–Crippen LogP) is 6.04. The second-order valence-electron chi connectivity index (χ2n) is 8.35. The number of aromatic nitrogens is 3. The number of rotatable bonds is 8. The molecule has 2 heterocycles. The summed E-state index contributed by atoms with van der Waals surface area (Å²) in [5, 5.41) is 9.50. The van der Waals surface area contributed by atoms with Crippen molar-refractivity contribution in [3.63, 3.8) is 0 Å². The summed E-state index contributed by atoms with van der Waals surface area (Å²) in [6, 6.07) is 13.1. The molecule has 1 N–H and O–H groups in total. The third kappa shape index (κ3) is 4.90. The number of nitrogens with one attached hydrogen (secondary N) is 1. The summed E-state index contributed by atoms with van der Waals surface area (Å²) in [5.74, 6) is 2.96. The van der Waals surface area contributed by atoms with E-state index in [9.17, 15) is 4.79 Å². The lowest BCUT2D eigenvalue weighted by Gasteiger charge is -2.32. The molecule has 3 aromatic rings. The van der Waals surface area contributed by atoms with E-state index in [2.05, 4.69) is 17.2 Å². The largest absolute Gasteiger partial charge is 0.490 e. The Balaban J connectivity index is 1.51. The van der Waals surface area contributed by atoms with Crippen LogP contribution in [-0.2, 0) is 11.4 Å². The van der Waals surface area contributed by atoms with E-state index < -0.39 is 0 Å². The topological polar surface area (TPSA) is 78.3 Å². The van der Waals surface area contributed by atoms with E-state index in [1.54, 1.807) is 11.8 Å². The van der Waals surface area contributed by atoms with Gasteiger partial charge in [-0.05, 0) is 60.9 Å². The number of ether oxygens (including phenoxy) is 2. The van der Waals surface area contributed by atoms with E-state index in [1.165, 1.54) is 0 Å². The Morgan fingerprint density at radius 2 is 1.94 bits per heavy atom. The van der Waals surface area contributed by atoms with Crippen molar-refractivity contribution in [2.75, 3.05) is 17.7 Å². The van der Waals surface area contributed by atoms with Gasteiger partial charge in [-0.25, -0.2) is 4.68 Å². The molecule has 182 valence electrons. The van der Waals surface area contributed by atoms with Gasteiger partial charge in [0.05, 0.1) is 6.61 Å². The maximum atomic E-state index is 13.1. The van der Waals surface area contributed by atoms with Crippen molar-refractivity contribution in [3.05, 3.63) is 69.9 Å². The fourth-order valence-electron chi connectivity index (χ4n) is 4.46. The standard InChI is InChI=1S/C26H27ClN4O3S/c1-3-33-22-14-17(10-13-21(22)34-15-16-8-11-18(27)12-9-16)24-23-19(6-5-7-20(23)32)28-25-29-26(35-4-2)30-31(24)25/h8-14,24H,3-7,15H2,1-2H3,(H,28,29,30). The Bertz CT molecular complexity index is 1270. The molecule has 0 fully saturated rings. The lowest BCUT2D eigenvalue weighted by atomic mass is 9.85. The highest BCUT2D eigenvalue weighted by Gasteiger charge is 2.37. The molecule has 1 aromatic heterocycles. The van der Waals surface area contributed by atoms with Crippen molar-refractivity contribution in [2.24, 2.45) is 0 Å². The van der Waals surface area contributed by atoms with Gasteiger partial charge in [0.1, 0.15) is 12.6 Å². The van der Waals surface area contributed by atoms with Crippen LogP contribution in [-0.4, -0.2) is 32.9 Å². The lowest BCUT2D eigenvalue weighted by molar-refractivity contribution is -0.116. The van der Waals surface area contributed by atoms with Gasteiger partial charge < -0.3 is 14.8 Å². The first kappa shape index (κ1) is 23.8. The summed E-state index contributed by atoms with van der Waals surface area (Å²) in [6.45, 7) is 4.89. The summed E-state index contributed by atoms with van der Waals surface area (Å²) in [5.41, 5.74) is 3.63. The molecule has 5 rings (SSSR count). The smallest absolute Gasteiger partial charge is 0.227 e. The number of hydrogen-bond acceptors (Lipinski definition) is 7. The van der Waals surface area contributed by atoms with Gasteiger partial charge in [0.15, 0.2) is 17.3 Å². The lowest BCUT2D eigenvalue weighted by Crippen LogP contribution is -2.31. The molecule has 1 aliphatic heterocycles. The Morgan fingerprint density at radius 3 is 2.71 bits per heavy atom. The van der Waals surface area contributed by atoms with Crippen molar-refractivity contribution in [2.45, 2.75) is 50.9 Å². The molecule has 0 radical (unpaired) electrons. The zero-order chi connectivity index (χ0) is 24.4. The van der Waals surface area contributed by atoms with E-state index in [1.807, 2.05) is 54.1 Å². The maximum absolute atomic E-state index is 13.1. The third-order valence-corrected chi connectivity index (χ3v) is 6.98. The first-order chi connectivity index (χ1) is 17.1. The van der Waals surface area contributed by atoms with E-state index >= 15 is 0 Å². The highest BCUT2D eigenvalue weighted by Crippen LogP contribution is 2.42. The van der Waals surface area contributed by atoms with E-state index in [-0.39, 0.29) is 11.8 Å². The number of carbonyl (C=O) groups excluding carboxylic acids is 1. The number of allylic oxidation sites excluding steroid dienone is 2. The molecule has 2 aliphatic rings. The normalized spacial score (nSPS) is 17.0. The van der Waals surface area contributed by atoms with E-state index in [4.69, 9.17) is 26.2 Å². The van der Waals surface area contributed by atoms with Crippen molar-refractivity contribution < 1.29 is 14.3 Å². The number of fused-ring (bicyclic) bond motifs is 1. The van der Waals surface area contributed by atoms with Crippen LogP contribution in [0.4, 0.5) is 5.95 Å². The van der Waals surface area contributed by atoms with Gasteiger partial charge in [0, 0.05) is 22.7 Å². The highest BCUT2D eigenvalue weighted by atomic mass is 35.5. The van der Waals surface area contributed by atoms with Gasteiger partial charge in [-0.2, -0.15) is 4.98 Å². The van der Waals surface area contributed by atoms with Crippen LogP contribution in [0, 0.1) is 0 Å². The molecule has 7 nitrogen and oxygen atoms in total. The van der Waals surface area contributed by atoms with Gasteiger partial charge in [0.2, 0.25) is 11.1 Å². The summed E-state index contributed by atoms with van der Waals surface area (Å²) in [4.78, 5) is 17.8. The van der Waals surface area contributed by atoms with Crippen LogP contribution in [0.3, 0.4) is 0 Å². The Morgan fingerprint density at radius 1 is 1.11 bits per heavy atom. The van der Waals surface area contributed by atoms with E-state index in [0.29, 0.717) is 47.3 Å². The number of benzene rings is 2. The summed E-state index contributed by atoms with van der Waals surface area (Å²) in [7, 11) is 0. The molecule has 1 unspecified atom stereocenters. The average Bonchev–Trinajstić information content (AvgIpc) is 3.25. The molecule has 1 aliphatic carbocycles. The number of Topliss-reactive ketones (excluding diaryl/α,β-unsaturated/α-hetero) is 1. The average molecular weight is 511 g/mol. The van der Waals surface area contributed by atoms with Crippen LogP contribution < -0.4 is 14.8 Å². The van der Waals surface area contributed by atoms with Crippen LogP contribution in [0.1, 0.15) is 50.3 Å². The van der Waals surface area contributed by atoms with Crippen LogP contribution in [0.25, 0.3) is 0 Å². The number of carbonyl (C=O) groups is 1. The van der Waals surface area contributed by atoms with Crippen molar-refractivity contribution in [1.29, 1.82) is 0 Å². The van der Waals surface area contributed by atoms with Gasteiger partial charge in [0.25, 0.3) is 0 Å². The number of ketones is 1. The fraction of sp³-hybridized carbons (Fsp3) is 0.346. The van der Waals surface area contributed by atoms with Crippen molar-refractivity contribution in [1.82, 2.24) is 14.8 Å². The zero-order valence-corrected chi connectivity index (χ0v) is 21.3. The van der Waals surface area contributed by atoms with Gasteiger partial charge >= 0.3 is 0 Å². The SMILES string of the molecule is CCOc1cc(C2C3=C(CCCC3=O)Nc3nc(SCC)nn32)ccc1OCc1ccc(Cl)cc1. The molecule has 9 heteroatoms. The molecule has 0 spiro atoms. The summed E-state index contributed by atoms with van der Waals surface area (Å²) >= 11 is 7.57. The second kappa shape index (κ2) is 10.3. The Kier molecular flexibility index (Phi) is 7.02. The van der Waals surface area contributed by atoms with Crippen LogP contribution in [0.5, 0.6) is 11.5 Å². The first-order valence-corrected chi connectivity index (χ1v) is 13.2. The predicted molar refractivity (Wildman–Crippen MR) is 137 cm³/mol. The summed E-state index contributed by atoms with van der Waals surface area (Å²) < 4.78 is 13.9.